The van der Waals surface area contributed by atoms with Crippen LogP contribution in [0.4, 0.5) is 5.69 Å². The Labute approximate surface area is 159 Å². The fourth-order valence-electron chi connectivity index (χ4n) is 3.33. The lowest BCUT2D eigenvalue weighted by Gasteiger charge is -2.27. The number of amides is 1. The molecule has 4 rings (SSSR count). The van der Waals surface area contributed by atoms with Crippen LogP contribution in [0, 0.1) is 10.1 Å². The maximum Gasteiger partial charge on any atom is 0.282 e. The van der Waals surface area contributed by atoms with Gasteiger partial charge in [-0.1, -0.05) is 35.9 Å². The van der Waals surface area contributed by atoms with E-state index < -0.39 is 4.92 Å². The summed E-state index contributed by atoms with van der Waals surface area (Å²) in [5.74, 6) is -0.355. The van der Waals surface area contributed by atoms with E-state index in [1.54, 1.807) is 23.1 Å². The zero-order valence-electron chi connectivity index (χ0n) is 14.2. The molecule has 0 saturated carbocycles. The van der Waals surface area contributed by atoms with Gasteiger partial charge in [-0.15, -0.1) is 0 Å². The van der Waals surface area contributed by atoms with E-state index in [2.05, 4.69) is 10.2 Å². The van der Waals surface area contributed by atoms with Crippen molar-refractivity contribution in [3.05, 3.63) is 80.5 Å². The highest BCUT2D eigenvalue weighted by Gasteiger charge is 2.29. The van der Waals surface area contributed by atoms with E-state index in [0.29, 0.717) is 24.5 Å². The number of aromatic nitrogens is 2. The number of H-pyrrole nitrogens is 1. The molecule has 0 radical (unpaired) electrons. The fraction of sp³-hybridized carbons (Fsp3) is 0.158. The molecule has 0 unspecified atom stereocenters. The summed E-state index contributed by atoms with van der Waals surface area (Å²) < 4.78 is 0. The first-order valence-electron chi connectivity index (χ1n) is 8.39. The molecule has 0 aliphatic carbocycles. The first-order chi connectivity index (χ1) is 13.0. The largest absolute Gasteiger partial charge is 0.334 e. The third kappa shape index (κ3) is 3.17. The van der Waals surface area contributed by atoms with Crippen LogP contribution in [0.15, 0.2) is 48.5 Å². The molecule has 3 aromatic rings. The van der Waals surface area contributed by atoms with Crippen molar-refractivity contribution >= 4 is 23.2 Å². The minimum Gasteiger partial charge on any atom is -0.334 e. The van der Waals surface area contributed by atoms with E-state index in [4.69, 9.17) is 11.6 Å². The number of para-hydroxylation sites is 1. The molecule has 2 heterocycles. The van der Waals surface area contributed by atoms with E-state index in [0.717, 1.165) is 22.5 Å². The van der Waals surface area contributed by atoms with Crippen molar-refractivity contribution in [2.24, 2.45) is 0 Å². The van der Waals surface area contributed by atoms with Gasteiger partial charge in [0.1, 0.15) is 5.56 Å². The van der Waals surface area contributed by atoms with Crippen molar-refractivity contribution in [3.63, 3.8) is 0 Å². The zero-order chi connectivity index (χ0) is 19.0. The number of nitrogens with zero attached hydrogens (tertiary/aromatic N) is 3. The molecular weight excluding hydrogens is 368 g/mol. The van der Waals surface area contributed by atoms with E-state index in [1.807, 2.05) is 18.2 Å². The van der Waals surface area contributed by atoms with Gasteiger partial charge in [0.05, 0.1) is 10.6 Å². The van der Waals surface area contributed by atoms with Gasteiger partial charge in [-0.25, -0.2) is 0 Å². The van der Waals surface area contributed by atoms with Crippen molar-refractivity contribution < 1.29 is 9.72 Å². The van der Waals surface area contributed by atoms with Gasteiger partial charge in [0.2, 0.25) is 0 Å². The highest BCUT2D eigenvalue weighted by Crippen LogP contribution is 2.31. The smallest absolute Gasteiger partial charge is 0.282 e. The minimum absolute atomic E-state index is 0.0961. The Morgan fingerprint density at radius 1 is 1.22 bits per heavy atom. The van der Waals surface area contributed by atoms with Crippen LogP contribution in [-0.2, 0) is 13.0 Å². The summed E-state index contributed by atoms with van der Waals surface area (Å²) in [6.45, 7) is 0.799. The number of nitro benzene ring substituents is 1. The van der Waals surface area contributed by atoms with Gasteiger partial charge in [-0.2, -0.15) is 5.10 Å². The molecule has 8 heteroatoms. The van der Waals surface area contributed by atoms with Crippen LogP contribution in [0.1, 0.15) is 21.6 Å². The Balaban J connectivity index is 1.67. The predicted octanol–water partition coefficient (Wildman–Crippen LogP) is 3.84. The molecule has 1 aromatic heterocycles. The maximum absolute atomic E-state index is 12.9. The third-order valence-electron chi connectivity index (χ3n) is 4.65. The first-order valence-corrected chi connectivity index (χ1v) is 8.77. The molecule has 136 valence electrons. The number of benzene rings is 2. The predicted molar refractivity (Wildman–Crippen MR) is 101 cm³/mol. The molecule has 0 bridgehead atoms. The number of aromatic amines is 1. The molecule has 1 amide bonds. The Kier molecular flexibility index (Phi) is 4.37. The normalized spacial score (nSPS) is 13.3. The topological polar surface area (TPSA) is 92.1 Å². The standard InChI is InChI=1S/C19H15ClN4O3/c20-13-5-3-4-12(10-13)18-15-11-23(9-8-16(15)21-22-18)19(25)14-6-1-2-7-17(14)24(26)27/h1-7,10H,8-9,11H2,(H,21,22). The van der Waals surface area contributed by atoms with Gasteiger partial charge in [0.15, 0.2) is 0 Å². The minimum atomic E-state index is -0.530. The number of nitro groups is 1. The van der Waals surface area contributed by atoms with Crippen molar-refractivity contribution in [2.45, 2.75) is 13.0 Å². The number of carbonyl (C=O) groups excluding carboxylic acids is 1. The molecule has 0 atom stereocenters. The third-order valence-corrected chi connectivity index (χ3v) is 4.89. The van der Waals surface area contributed by atoms with E-state index >= 15 is 0 Å². The lowest BCUT2D eigenvalue weighted by molar-refractivity contribution is -0.385. The van der Waals surface area contributed by atoms with Crippen LogP contribution in [-0.4, -0.2) is 32.5 Å². The summed E-state index contributed by atoms with van der Waals surface area (Å²) in [6, 6.07) is 13.4. The highest BCUT2D eigenvalue weighted by molar-refractivity contribution is 6.30. The van der Waals surface area contributed by atoms with Crippen molar-refractivity contribution in [3.8, 4) is 11.3 Å². The van der Waals surface area contributed by atoms with Crippen LogP contribution in [0.3, 0.4) is 0 Å². The maximum atomic E-state index is 12.9. The second-order valence-electron chi connectivity index (χ2n) is 6.29. The van der Waals surface area contributed by atoms with Crippen LogP contribution >= 0.6 is 11.6 Å². The second-order valence-corrected chi connectivity index (χ2v) is 6.73. The molecule has 2 aromatic carbocycles. The van der Waals surface area contributed by atoms with Gasteiger partial charge in [0, 0.05) is 47.4 Å². The van der Waals surface area contributed by atoms with Crippen LogP contribution < -0.4 is 0 Å². The van der Waals surface area contributed by atoms with E-state index in [9.17, 15) is 14.9 Å². The summed E-state index contributed by atoms with van der Waals surface area (Å²) in [5, 5.41) is 19.3. The van der Waals surface area contributed by atoms with Crippen LogP contribution in [0.2, 0.25) is 5.02 Å². The summed E-state index contributed by atoms with van der Waals surface area (Å²) >= 11 is 6.08. The SMILES string of the molecule is O=C(c1ccccc1[N+](=O)[O-])N1CCc2[nH]nc(-c3cccc(Cl)c3)c2C1. The summed E-state index contributed by atoms with van der Waals surface area (Å²) in [4.78, 5) is 25.3. The van der Waals surface area contributed by atoms with Crippen molar-refractivity contribution in [2.75, 3.05) is 6.54 Å². The quantitative estimate of drug-likeness (QED) is 0.550. The highest BCUT2D eigenvalue weighted by atomic mass is 35.5. The fourth-order valence-corrected chi connectivity index (χ4v) is 3.52. The lowest BCUT2D eigenvalue weighted by Crippen LogP contribution is -2.36. The first kappa shape index (κ1) is 17.2. The number of hydrogen-bond acceptors (Lipinski definition) is 4. The lowest BCUT2D eigenvalue weighted by atomic mass is 10.00. The number of rotatable bonds is 3. The number of hydrogen-bond donors (Lipinski definition) is 1. The summed E-state index contributed by atoms with van der Waals surface area (Å²) in [5.41, 5.74) is 3.40. The average molecular weight is 383 g/mol. The molecule has 7 nitrogen and oxygen atoms in total. The summed E-state index contributed by atoms with van der Waals surface area (Å²) in [6.07, 6.45) is 0.606. The molecule has 1 N–H and O–H groups in total. The molecule has 0 spiro atoms. The van der Waals surface area contributed by atoms with E-state index in [-0.39, 0.29) is 17.2 Å². The molecule has 27 heavy (non-hydrogen) atoms. The van der Waals surface area contributed by atoms with E-state index in [1.165, 1.54) is 12.1 Å². The van der Waals surface area contributed by atoms with Gasteiger partial charge >= 0.3 is 0 Å². The number of carbonyl (C=O) groups is 1. The zero-order valence-corrected chi connectivity index (χ0v) is 14.9. The van der Waals surface area contributed by atoms with Gasteiger partial charge in [-0.3, -0.25) is 20.0 Å². The van der Waals surface area contributed by atoms with Crippen LogP contribution in [0.5, 0.6) is 0 Å². The Bertz CT molecular complexity index is 1050. The molecule has 1 aliphatic heterocycles. The van der Waals surface area contributed by atoms with Gasteiger partial charge < -0.3 is 4.90 Å². The monoisotopic (exact) mass is 382 g/mol. The average Bonchev–Trinajstić information content (AvgIpc) is 3.10. The molecular formula is C19H15ClN4O3. The Hall–Kier alpha value is -3.19. The number of fused-ring (bicyclic) bond motifs is 1. The Morgan fingerprint density at radius 3 is 2.81 bits per heavy atom. The molecule has 1 aliphatic rings. The Morgan fingerprint density at radius 2 is 2.04 bits per heavy atom. The number of nitrogens with one attached hydrogen (secondary N) is 1. The molecule has 0 fully saturated rings. The van der Waals surface area contributed by atoms with Crippen molar-refractivity contribution in [1.82, 2.24) is 15.1 Å². The van der Waals surface area contributed by atoms with Crippen molar-refractivity contribution in [1.29, 1.82) is 0 Å². The second kappa shape index (κ2) is 6.85. The number of halogens is 1. The van der Waals surface area contributed by atoms with Gasteiger partial charge in [0.25, 0.3) is 11.6 Å². The molecule has 0 saturated heterocycles. The van der Waals surface area contributed by atoms with Crippen LogP contribution in [0.25, 0.3) is 11.3 Å². The summed E-state index contributed by atoms with van der Waals surface area (Å²) in [7, 11) is 0. The van der Waals surface area contributed by atoms with Gasteiger partial charge in [-0.05, 0) is 18.2 Å².